The van der Waals surface area contributed by atoms with Crippen molar-refractivity contribution in [2.75, 3.05) is 0 Å². The lowest BCUT2D eigenvalue weighted by Crippen LogP contribution is -2.19. The average Bonchev–Trinajstić information content (AvgIpc) is 2.70. The third-order valence-electron chi connectivity index (χ3n) is 3.80. The van der Waals surface area contributed by atoms with Crippen LogP contribution in [0.4, 0.5) is 0 Å². The Morgan fingerprint density at radius 3 is 2.48 bits per heavy atom. The summed E-state index contributed by atoms with van der Waals surface area (Å²) in [6.07, 6.45) is 1.53. The van der Waals surface area contributed by atoms with E-state index in [4.69, 9.17) is 4.18 Å². The molecule has 1 amide bonds. The van der Waals surface area contributed by atoms with Gasteiger partial charge in [0.25, 0.3) is 0 Å². The van der Waals surface area contributed by atoms with Gasteiger partial charge in [0.1, 0.15) is 4.90 Å². The molecule has 0 aromatic heterocycles. The summed E-state index contributed by atoms with van der Waals surface area (Å²) in [4.78, 5) is 12.0. The smallest absolute Gasteiger partial charge is 0.339 e. The van der Waals surface area contributed by atoms with Gasteiger partial charge < -0.3 is 4.18 Å². The molecule has 148 valence electrons. The predicted molar refractivity (Wildman–Crippen MR) is 114 cm³/mol. The zero-order valence-corrected chi connectivity index (χ0v) is 17.6. The Balaban J connectivity index is 1.70. The molecule has 29 heavy (non-hydrogen) atoms. The van der Waals surface area contributed by atoms with Crippen LogP contribution in [0.5, 0.6) is 5.75 Å². The normalized spacial score (nSPS) is 11.3. The number of hydrogen-bond donors (Lipinski definition) is 1. The van der Waals surface area contributed by atoms with Gasteiger partial charge in [0.15, 0.2) is 5.75 Å². The van der Waals surface area contributed by atoms with Gasteiger partial charge in [-0.05, 0) is 35.9 Å². The van der Waals surface area contributed by atoms with E-state index in [0.717, 1.165) is 5.56 Å². The van der Waals surface area contributed by atoms with Crippen LogP contribution in [0.3, 0.4) is 0 Å². The molecule has 0 aliphatic heterocycles. The molecule has 0 bridgehead atoms. The number of halogens is 1. The van der Waals surface area contributed by atoms with Crippen LogP contribution in [0.25, 0.3) is 0 Å². The fourth-order valence-electron chi connectivity index (χ4n) is 2.45. The van der Waals surface area contributed by atoms with E-state index >= 15 is 0 Å². The number of carbonyl (C=O) groups is 1. The molecule has 0 aliphatic carbocycles. The van der Waals surface area contributed by atoms with E-state index in [1.165, 1.54) is 24.4 Å². The Morgan fingerprint density at radius 2 is 1.72 bits per heavy atom. The lowest BCUT2D eigenvalue weighted by Gasteiger charge is -2.09. The minimum absolute atomic E-state index is 0.0229. The number of hydrazone groups is 1. The summed E-state index contributed by atoms with van der Waals surface area (Å²) in [6.45, 7) is 0. The molecule has 0 unspecified atom stereocenters. The summed E-state index contributed by atoms with van der Waals surface area (Å²) in [5, 5.41) is 3.91. The van der Waals surface area contributed by atoms with Crippen LogP contribution in [-0.4, -0.2) is 20.5 Å². The van der Waals surface area contributed by atoms with Gasteiger partial charge in [-0.3, -0.25) is 4.79 Å². The van der Waals surface area contributed by atoms with Crippen LogP contribution in [0.2, 0.25) is 0 Å². The van der Waals surface area contributed by atoms with Crippen molar-refractivity contribution >= 4 is 38.2 Å². The van der Waals surface area contributed by atoms with E-state index in [1.807, 2.05) is 30.3 Å². The van der Waals surface area contributed by atoms with E-state index in [-0.39, 0.29) is 23.0 Å². The number of benzene rings is 3. The second kappa shape index (κ2) is 9.49. The summed E-state index contributed by atoms with van der Waals surface area (Å²) in [6, 6.07) is 22.0. The van der Waals surface area contributed by atoms with Gasteiger partial charge in [0.05, 0.1) is 12.6 Å². The maximum atomic E-state index is 12.5. The van der Waals surface area contributed by atoms with Crippen molar-refractivity contribution in [3.63, 3.8) is 0 Å². The van der Waals surface area contributed by atoms with Crippen molar-refractivity contribution in [1.29, 1.82) is 0 Å². The average molecular weight is 473 g/mol. The Bertz CT molecular complexity index is 1130. The van der Waals surface area contributed by atoms with Gasteiger partial charge in [0.2, 0.25) is 5.91 Å². The Morgan fingerprint density at radius 1 is 1.00 bits per heavy atom. The lowest BCUT2D eigenvalue weighted by atomic mass is 10.1. The minimum atomic E-state index is -4.02. The van der Waals surface area contributed by atoms with Gasteiger partial charge in [0, 0.05) is 10.0 Å². The molecule has 0 heterocycles. The number of rotatable bonds is 7. The highest BCUT2D eigenvalue weighted by Crippen LogP contribution is 2.23. The zero-order chi connectivity index (χ0) is 20.7. The van der Waals surface area contributed by atoms with Gasteiger partial charge in [-0.15, -0.1) is 0 Å². The molecule has 0 saturated heterocycles. The topological polar surface area (TPSA) is 84.8 Å². The monoisotopic (exact) mass is 472 g/mol. The molecule has 0 spiro atoms. The van der Waals surface area contributed by atoms with Crippen molar-refractivity contribution in [2.24, 2.45) is 5.10 Å². The van der Waals surface area contributed by atoms with Crippen molar-refractivity contribution in [1.82, 2.24) is 5.43 Å². The van der Waals surface area contributed by atoms with Crippen LogP contribution >= 0.6 is 15.9 Å². The number of hydrogen-bond acceptors (Lipinski definition) is 5. The molecule has 0 saturated carbocycles. The second-order valence-electron chi connectivity index (χ2n) is 5.99. The Kier molecular flexibility index (Phi) is 6.79. The summed E-state index contributed by atoms with van der Waals surface area (Å²) >= 11 is 3.24. The molecule has 1 N–H and O–H groups in total. The van der Waals surface area contributed by atoms with Crippen molar-refractivity contribution in [2.45, 2.75) is 11.3 Å². The van der Waals surface area contributed by atoms with Crippen molar-refractivity contribution in [3.05, 3.63) is 94.5 Å². The fraction of sp³-hybridized carbons (Fsp3) is 0.0476. The third-order valence-corrected chi connectivity index (χ3v) is 5.53. The summed E-state index contributed by atoms with van der Waals surface area (Å²) < 4.78 is 31.0. The van der Waals surface area contributed by atoms with E-state index in [1.54, 1.807) is 30.3 Å². The molecule has 3 aromatic rings. The number of carbonyl (C=O) groups excluding carboxylic acids is 1. The molecule has 3 rings (SSSR count). The van der Waals surface area contributed by atoms with E-state index < -0.39 is 10.1 Å². The molecule has 0 fully saturated rings. The SMILES string of the molecule is O=C(Cc1ccccc1)NN=Cc1ccccc1OS(=O)(=O)c1cccc(Br)c1. The number of nitrogens with zero attached hydrogens (tertiary/aromatic N) is 1. The molecule has 0 radical (unpaired) electrons. The van der Waals surface area contributed by atoms with Crippen molar-refractivity contribution < 1.29 is 17.4 Å². The van der Waals surface area contributed by atoms with Gasteiger partial charge in [-0.25, -0.2) is 5.43 Å². The second-order valence-corrected chi connectivity index (χ2v) is 8.45. The highest BCUT2D eigenvalue weighted by molar-refractivity contribution is 9.10. The molecule has 0 atom stereocenters. The lowest BCUT2D eigenvalue weighted by molar-refractivity contribution is -0.120. The minimum Gasteiger partial charge on any atom is -0.378 e. The first kappa shape index (κ1) is 20.8. The summed E-state index contributed by atoms with van der Waals surface area (Å²) in [5.74, 6) is -0.179. The van der Waals surface area contributed by atoms with Crippen LogP contribution in [-0.2, 0) is 21.3 Å². The van der Waals surface area contributed by atoms with Crippen molar-refractivity contribution in [3.8, 4) is 5.75 Å². The van der Waals surface area contributed by atoms with Crippen LogP contribution in [0.1, 0.15) is 11.1 Å². The highest BCUT2D eigenvalue weighted by Gasteiger charge is 2.18. The number of amides is 1. The van der Waals surface area contributed by atoms with Gasteiger partial charge in [-0.1, -0.05) is 64.5 Å². The first-order chi connectivity index (χ1) is 13.9. The van der Waals surface area contributed by atoms with Gasteiger partial charge in [-0.2, -0.15) is 13.5 Å². The first-order valence-corrected chi connectivity index (χ1v) is 10.8. The molecule has 8 heteroatoms. The van der Waals surface area contributed by atoms with Crippen LogP contribution in [0.15, 0.2) is 93.3 Å². The third kappa shape index (κ3) is 6.00. The standard InChI is InChI=1S/C21H17BrN2O4S/c22-18-10-6-11-19(14-18)29(26,27)28-20-12-5-4-9-17(20)15-23-24-21(25)13-16-7-2-1-3-8-16/h1-12,14-15H,13H2,(H,24,25). The highest BCUT2D eigenvalue weighted by atomic mass is 79.9. The fourth-order valence-corrected chi connectivity index (χ4v) is 4.00. The molecular formula is C21H17BrN2O4S. The summed E-state index contributed by atoms with van der Waals surface area (Å²) in [7, 11) is -4.02. The molecular weight excluding hydrogens is 456 g/mol. The largest absolute Gasteiger partial charge is 0.378 e. The van der Waals surface area contributed by atoms with E-state index in [9.17, 15) is 13.2 Å². The summed E-state index contributed by atoms with van der Waals surface area (Å²) in [5.41, 5.74) is 3.70. The first-order valence-electron chi connectivity index (χ1n) is 8.59. The maximum Gasteiger partial charge on any atom is 0.339 e. The van der Waals surface area contributed by atoms with Crippen LogP contribution < -0.4 is 9.61 Å². The number of para-hydroxylation sites is 1. The van der Waals surface area contributed by atoms with E-state index in [0.29, 0.717) is 10.0 Å². The molecule has 0 aliphatic rings. The number of nitrogens with one attached hydrogen (secondary N) is 1. The van der Waals surface area contributed by atoms with Crippen LogP contribution in [0, 0.1) is 0 Å². The predicted octanol–water partition coefficient (Wildman–Crippen LogP) is 3.91. The quantitative estimate of drug-likeness (QED) is 0.321. The van der Waals surface area contributed by atoms with Gasteiger partial charge >= 0.3 is 10.1 Å². The molecule has 3 aromatic carbocycles. The van der Waals surface area contributed by atoms with E-state index in [2.05, 4.69) is 26.5 Å². The maximum absolute atomic E-state index is 12.5. The Labute approximate surface area is 177 Å². The molecule has 6 nitrogen and oxygen atoms in total. The Hall–Kier alpha value is -2.97. The zero-order valence-electron chi connectivity index (χ0n) is 15.2.